The highest BCUT2D eigenvalue weighted by Crippen LogP contribution is 2.37. The van der Waals surface area contributed by atoms with Crippen LogP contribution in [0.5, 0.6) is 0 Å². The summed E-state index contributed by atoms with van der Waals surface area (Å²) in [6.07, 6.45) is 2.28. The van der Waals surface area contributed by atoms with Crippen LogP contribution < -0.4 is 0 Å². The number of carbonyl (C=O) groups excluding carboxylic acids is 1. The normalized spacial score (nSPS) is 14.0. The molecule has 0 heterocycles. The smallest absolute Gasteiger partial charge is 0.235 e. The third-order valence-electron chi connectivity index (χ3n) is 3.20. The molecule has 0 saturated carbocycles. The first-order valence-corrected chi connectivity index (χ1v) is 8.87. The zero-order valence-corrected chi connectivity index (χ0v) is 13.0. The summed E-state index contributed by atoms with van der Waals surface area (Å²) in [5, 5.41) is 0.158. The summed E-state index contributed by atoms with van der Waals surface area (Å²) in [7, 11) is -1.82. The first kappa shape index (κ1) is 16.3. The third-order valence-corrected chi connectivity index (χ3v) is 7.74. The van der Waals surface area contributed by atoms with Gasteiger partial charge in [0.15, 0.2) is 8.32 Å². The Hall–Kier alpha value is -0.703. The Kier molecular flexibility index (Phi) is 6.03. The van der Waals surface area contributed by atoms with Crippen molar-refractivity contribution in [1.29, 1.82) is 0 Å². The van der Waals surface area contributed by atoms with Gasteiger partial charge in [0.2, 0.25) is 6.08 Å². The van der Waals surface area contributed by atoms with Gasteiger partial charge in [-0.25, -0.2) is 9.79 Å². The SMILES string of the molecule is C=C(C)CC(CN=C=O)O[Si](C)(C)C(C)(C)C. The third kappa shape index (κ3) is 5.96. The van der Waals surface area contributed by atoms with Crippen LogP contribution in [-0.4, -0.2) is 27.0 Å². The molecule has 0 spiro atoms. The molecule has 0 saturated heterocycles. The van der Waals surface area contributed by atoms with Crippen LogP contribution in [0.25, 0.3) is 0 Å². The zero-order chi connectivity index (χ0) is 13.7. The van der Waals surface area contributed by atoms with Crippen LogP contribution in [0, 0.1) is 0 Å². The highest BCUT2D eigenvalue weighted by Gasteiger charge is 2.39. The van der Waals surface area contributed by atoms with Gasteiger partial charge < -0.3 is 4.43 Å². The van der Waals surface area contributed by atoms with Crippen LogP contribution in [0.3, 0.4) is 0 Å². The van der Waals surface area contributed by atoms with E-state index in [1.165, 1.54) is 0 Å². The van der Waals surface area contributed by atoms with E-state index in [1.807, 2.05) is 6.92 Å². The minimum Gasteiger partial charge on any atom is -0.412 e. The summed E-state index contributed by atoms with van der Waals surface area (Å²) < 4.78 is 6.22. The van der Waals surface area contributed by atoms with Crippen molar-refractivity contribution in [2.45, 2.75) is 58.4 Å². The number of rotatable bonds is 6. The summed E-state index contributed by atoms with van der Waals surface area (Å²) in [5.74, 6) is 0. The maximum atomic E-state index is 10.2. The van der Waals surface area contributed by atoms with Gasteiger partial charge in [-0.1, -0.05) is 26.3 Å². The van der Waals surface area contributed by atoms with Gasteiger partial charge in [0.25, 0.3) is 0 Å². The molecule has 0 rings (SSSR count). The quantitative estimate of drug-likeness (QED) is 0.314. The topological polar surface area (TPSA) is 38.7 Å². The van der Waals surface area contributed by atoms with E-state index in [1.54, 1.807) is 6.08 Å². The van der Waals surface area contributed by atoms with E-state index in [0.717, 1.165) is 12.0 Å². The van der Waals surface area contributed by atoms with E-state index in [9.17, 15) is 4.79 Å². The van der Waals surface area contributed by atoms with Gasteiger partial charge >= 0.3 is 0 Å². The van der Waals surface area contributed by atoms with E-state index < -0.39 is 8.32 Å². The molecule has 3 nitrogen and oxygen atoms in total. The molecule has 0 aliphatic heterocycles. The molecule has 0 aromatic rings. The molecule has 0 aliphatic carbocycles. The first-order chi connectivity index (χ1) is 7.60. The predicted octanol–water partition coefficient (Wildman–Crippen LogP) is 3.68. The molecule has 0 N–H and O–H groups in total. The lowest BCUT2D eigenvalue weighted by atomic mass is 10.1. The van der Waals surface area contributed by atoms with Gasteiger partial charge in [-0.2, -0.15) is 0 Å². The second-order valence-corrected chi connectivity index (χ2v) is 10.8. The predicted molar refractivity (Wildman–Crippen MR) is 74.5 cm³/mol. The fraction of sp³-hybridized carbons (Fsp3) is 0.769. The number of isocyanates is 1. The maximum absolute atomic E-state index is 10.2. The van der Waals surface area contributed by atoms with Crippen LogP contribution >= 0.6 is 0 Å². The molecular formula is C13H25NO2Si. The van der Waals surface area contributed by atoms with Crippen molar-refractivity contribution in [1.82, 2.24) is 0 Å². The fourth-order valence-electron chi connectivity index (χ4n) is 1.26. The van der Waals surface area contributed by atoms with Crippen LogP contribution in [-0.2, 0) is 9.22 Å². The molecule has 0 aromatic carbocycles. The van der Waals surface area contributed by atoms with E-state index >= 15 is 0 Å². The van der Waals surface area contributed by atoms with Crippen LogP contribution in [0.15, 0.2) is 17.1 Å². The van der Waals surface area contributed by atoms with E-state index in [0.29, 0.717) is 6.54 Å². The lowest BCUT2D eigenvalue weighted by Crippen LogP contribution is -2.44. The summed E-state index contributed by atoms with van der Waals surface area (Å²) in [4.78, 5) is 13.8. The number of aliphatic imine (C=N–C) groups is 1. The highest BCUT2D eigenvalue weighted by atomic mass is 28.4. The second kappa shape index (κ2) is 6.29. The number of hydrogen-bond acceptors (Lipinski definition) is 3. The molecule has 1 unspecified atom stereocenters. The molecule has 0 amide bonds. The van der Waals surface area contributed by atoms with E-state index in [4.69, 9.17) is 4.43 Å². The van der Waals surface area contributed by atoms with Crippen molar-refractivity contribution >= 4 is 14.4 Å². The Labute approximate surface area is 106 Å². The minimum absolute atomic E-state index is 0.0464. The van der Waals surface area contributed by atoms with Gasteiger partial charge in [0, 0.05) is 0 Å². The maximum Gasteiger partial charge on any atom is 0.235 e. The molecule has 0 aromatic heterocycles. The lowest BCUT2D eigenvalue weighted by Gasteiger charge is -2.39. The van der Waals surface area contributed by atoms with Crippen LogP contribution in [0.1, 0.15) is 34.1 Å². The molecule has 0 bridgehead atoms. The largest absolute Gasteiger partial charge is 0.412 e. The molecule has 98 valence electrons. The Bertz CT molecular complexity index is 308. The standard InChI is InChI=1S/C13H25NO2Si/c1-11(2)8-12(9-14-10-15)16-17(6,7)13(3,4)5/h12H,1,8-9H2,2-7H3. The molecule has 1 atom stereocenters. The fourth-order valence-corrected chi connectivity index (χ4v) is 2.61. The zero-order valence-electron chi connectivity index (χ0n) is 12.0. The van der Waals surface area contributed by atoms with Crippen molar-refractivity contribution in [2.75, 3.05) is 6.54 Å². The summed E-state index contributed by atoms with van der Waals surface area (Å²) in [6, 6.07) is 0. The average Bonchev–Trinajstić information content (AvgIpc) is 2.10. The summed E-state index contributed by atoms with van der Waals surface area (Å²) in [5.41, 5.74) is 1.05. The van der Waals surface area contributed by atoms with Gasteiger partial charge in [-0.15, -0.1) is 6.58 Å². The van der Waals surface area contributed by atoms with Crippen molar-refractivity contribution in [2.24, 2.45) is 4.99 Å². The van der Waals surface area contributed by atoms with Crippen molar-refractivity contribution < 1.29 is 9.22 Å². The number of hydrogen-bond donors (Lipinski definition) is 0. The molecule has 0 fully saturated rings. The Morgan fingerprint density at radius 3 is 2.35 bits per heavy atom. The first-order valence-electron chi connectivity index (χ1n) is 5.96. The highest BCUT2D eigenvalue weighted by molar-refractivity contribution is 6.74. The monoisotopic (exact) mass is 255 g/mol. The van der Waals surface area contributed by atoms with Gasteiger partial charge in [-0.05, 0) is 31.5 Å². The molecule has 17 heavy (non-hydrogen) atoms. The van der Waals surface area contributed by atoms with Crippen molar-refractivity contribution in [3.63, 3.8) is 0 Å². The Balaban J connectivity index is 4.72. The van der Waals surface area contributed by atoms with Crippen molar-refractivity contribution in [3.05, 3.63) is 12.2 Å². The van der Waals surface area contributed by atoms with E-state index in [2.05, 4.69) is 45.4 Å². The van der Waals surface area contributed by atoms with Crippen molar-refractivity contribution in [3.8, 4) is 0 Å². The summed E-state index contributed by atoms with van der Waals surface area (Å²) >= 11 is 0. The number of nitrogens with zero attached hydrogens (tertiary/aromatic N) is 1. The molecule has 0 aliphatic rings. The molecular weight excluding hydrogens is 230 g/mol. The van der Waals surface area contributed by atoms with E-state index in [-0.39, 0.29) is 11.1 Å². The van der Waals surface area contributed by atoms with Crippen LogP contribution in [0.2, 0.25) is 18.1 Å². The molecule has 0 radical (unpaired) electrons. The van der Waals surface area contributed by atoms with Gasteiger partial charge in [0.05, 0.1) is 12.6 Å². The Morgan fingerprint density at radius 1 is 1.47 bits per heavy atom. The van der Waals surface area contributed by atoms with Gasteiger partial charge in [0.1, 0.15) is 0 Å². The Morgan fingerprint density at radius 2 is 2.00 bits per heavy atom. The minimum atomic E-state index is -1.82. The lowest BCUT2D eigenvalue weighted by molar-refractivity contribution is 0.188. The summed E-state index contributed by atoms with van der Waals surface area (Å²) in [6.45, 7) is 17.2. The molecule has 4 heteroatoms. The van der Waals surface area contributed by atoms with Crippen LogP contribution in [0.4, 0.5) is 0 Å². The van der Waals surface area contributed by atoms with Gasteiger partial charge in [-0.3, -0.25) is 0 Å². The second-order valence-electron chi connectivity index (χ2n) is 6.09. The average molecular weight is 255 g/mol.